The molecule has 76 valence electrons. The third kappa shape index (κ3) is 1.82. The molecule has 0 spiro atoms. The van der Waals surface area contributed by atoms with Gasteiger partial charge in [0, 0.05) is 18.6 Å². The molecule has 0 aliphatic carbocycles. The first kappa shape index (κ1) is 9.67. The molecule has 0 saturated carbocycles. The van der Waals surface area contributed by atoms with E-state index in [4.69, 9.17) is 16.7 Å². The lowest BCUT2D eigenvalue weighted by Gasteiger charge is -2.03. The van der Waals surface area contributed by atoms with Crippen molar-refractivity contribution < 1.29 is 9.90 Å². The number of carbonyl (C=O) groups is 1. The molecular formula is C9H6ClN3O2. The first-order valence-corrected chi connectivity index (χ1v) is 4.43. The van der Waals surface area contributed by atoms with Crippen LogP contribution in [0.25, 0.3) is 5.82 Å². The predicted molar refractivity (Wildman–Crippen MR) is 53.3 cm³/mol. The Kier molecular flexibility index (Phi) is 2.39. The van der Waals surface area contributed by atoms with Gasteiger partial charge in [-0.25, -0.2) is 14.8 Å². The molecule has 15 heavy (non-hydrogen) atoms. The van der Waals surface area contributed by atoms with Gasteiger partial charge in [-0.3, -0.25) is 4.57 Å². The molecule has 2 rings (SSSR count). The van der Waals surface area contributed by atoms with Crippen LogP contribution in [-0.4, -0.2) is 25.6 Å². The van der Waals surface area contributed by atoms with Crippen LogP contribution in [0.15, 0.2) is 31.0 Å². The Morgan fingerprint density at radius 3 is 2.87 bits per heavy atom. The molecule has 2 aromatic rings. The Morgan fingerprint density at radius 1 is 1.53 bits per heavy atom. The van der Waals surface area contributed by atoms with Crippen LogP contribution in [0.4, 0.5) is 0 Å². The second-order valence-electron chi connectivity index (χ2n) is 2.80. The Hall–Kier alpha value is -1.88. The molecule has 0 bridgehead atoms. The highest BCUT2D eigenvalue weighted by Crippen LogP contribution is 2.18. The monoisotopic (exact) mass is 223 g/mol. The zero-order chi connectivity index (χ0) is 10.8. The number of hydrogen-bond acceptors (Lipinski definition) is 3. The van der Waals surface area contributed by atoms with Crippen LogP contribution in [0.5, 0.6) is 0 Å². The lowest BCUT2D eigenvalue weighted by molar-refractivity contribution is 0.0696. The molecule has 0 amide bonds. The Labute approximate surface area is 90.0 Å². The normalized spacial score (nSPS) is 10.2. The van der Waals surface area contributed by atoms with Crippen LogP contribution in [0.3, 0.4) is 0 Å². The van der Waals surface area contributed by atoms with Gasteiger partial charge in [0.2, 0.25) is 0 Å². The summed E-state index contributed by atoms with van der Waals surface area (Å²) in [5.74, 6) is -0.597. The second-order valence-corrected chi connectivity index (χ2v) is 3.21. The second kappa shape index (κ2) is 3.70. The quantitative estimate of drug-likeness (QED) is 0.840. The molecule has 5 nitrogen and oxygen atoms in total. The number of aromatic carboxylic acids is 1. The molecule has 0 aromatic carbocycles. The predicted octanol–water partition coefficient (Wildman–Crippen LogP) is 1.62. The number of pyridine rings is 1. The van der Waals surface area contributed by atoms with Crippen molar-refractivity contribution in [1.29, 1.82) is 0 Å². The Balaban J connectivity index is 2.48. The van der Waals surface area contributed by atoms with Gasteiger partial charge in [0.1, 0.15) is 6.33 Å². The number of carboxylic acids is 1. The maximum Gasteiger partial charge on any atom is 0.337 e. The van der Waals surface area contributed by atoms with Crippen molar-refractivity contribution in [3.8, 4) is 5.82 Å². The van der Waals surface area contributed by atoms with Gasteiger partial charge in [-0.1, -0.05) is 11.6 Å². The van der Waals surface area contributed by atoms with Crippen molar-refractivity contribution in [2.24, 2.45) is 0 Å². The minimum Gasteiger partial charge on any atom is -0.478 e. The number of nitrogens with zero attached hydrogens (tertiary/aromatic N) is 3. The molecule has 0 saturated heterocycles. The summed E-state index contributed by atoms with van der Waals surface area (Å²) in [6.07, 6.45) is 6.05. The number of rotatable bonds is 2. The van der Waals surface area contributed by atoms with Gasteiger partial charge in [0.25, 0.3) is 0 Å². The average molecular weight is 224 g/mol. The standard InChI is InChI=1S/C9H6ClN3O2/c10-7-3-6(9(14)15)4-12-8(7)13-2-1-11-5-13/h1-5H,(H,14,15). The zero-order valence-electron chi connectivity index (χ0n) is 7.46. The molecule has 6 heteroatoms. The third-order valence-electron chi connectivity index (χ3n) is 1.82. The largest absolute Gasteiger partial charge is 0.478 e. The molecule has 0 unspecified atom stereocenters. The summed E-state index contributed by atoms with van der Waals surface area (Å²) in [5, 5.41) is 8.98. The topological polar surface area (TPSA) is 68.0 Å². The van der Waals surface area contributed by atoms with Crippen molar-refractivity contribution in [2.45, 2.75) is 0 Å². The molecule has 2 aromatic heterocycles. The van der Waals surface area contributed by atoms with Crippen molar-refractivity contribution in [1.82, 2.24) is 14.5 Å². The van der Waals surface area contributed by atoms with E-state index in [0.29, 0.717) is 5.82 Å². The maximum absolute atomic E-state index is 10.6. The van der Waals surface area contributed by atoms with E-state index in [0.717, 1.165) is 0 Å². The molecule has 0 aliphatic heterocycles. The molecule has 2 heterocycles. The van der Waals surface area contributed by atoms with E-state index in [2.05, 4.69) is 9.97 Å². The molecule has 0 radical (unpaired) electrons. The Bertz CT molecular complexity index is 496. The van der Waals surface area contributed by atoms with Gasteiger partial charge in [-0.15, -0.1) is 0 Å². The SMILES string of the molecule is O=C(O)c1cnc(-n2ccnc2)c(Cl)c1. The summed E-state index contributed by atoms with van der Waals surface area (Å²) >= 11 is 5.89. The van der Waals surface area contributed by atoms with Crippen molar-refractivity contribution >= 4 is 17.6 Å². The summed E-state index contributed by atoms with van der Waals surface area (Å²) in [4.78, 5) is 18.4. The van der Waals surface area contributed by atoms with Crippen molar-refractivity contribution in [3.63, 3.8) is 0 Å². The zero-order valence-corrected chi connectivity index (χ0v) is 8.22. The smallest absolute Gasteiger partial charge is 0.337 e. The minimum absolute atomic E-state index is 0.0591. The lowest BCUT2D eigenvalue weighted by atomic mass is 10.3. The summed E-state index contributed by atoms with van der Waals surface area (Å²) in [6.45, 7) is 0. The van der Waals surface area contributed by atoms with Crippen LogP contribution in [0, 0.1) is 0 Å². The first-order valence-electron chi connectivity index (χ1n) is 4.05. The fraction of sp³-hybridized carbons (Fsp3) is 0. The van der Waals surface area contributed by atoms with Crippen LogP contribution in [-0.2, 0) is 0 Å². The third-order valence-corrected chi connectivity index (χ3v) is 2.10. The number of aromatic nitrogens is 3. The lowest BCUT2D eigenvalue weighted by Crippen LogP contribution is -2.01. The van der Waals surface area contributed by atoms with E-state index < -0.39 is 5.97 Å². The molecule has 0 fully saturated rings. The van der Waals surface area contributed by atoms with Gasteiger partial charge >= 0.3 is 5.97 Å². The van der Waals surface area contributed by atoms with E-state index in [-0.39, 0.29) is 10.6 Å². The Morgan fingerprint density at radius 2 is 2.33 bits per heavy atom. The van der Waals surface area contributed by atoms with Gasteiger partial charge < -0.3 is 5.11 Å². The van der Waals surface area contributed by atoms with Crippen molar-refractivity contribution in [2.75, 3.05) is 0 Å². The highest BCUT2D eigenvalue weighted by molar-refractivity contribution is 6.32. The maximum atomic E-state index is 10.6. The van der Waals surface area contributed by atoms with E-state index in [1.54, 1.807) is 17.0 Å². The van der Waals surface area contributed by atoms with Crippen LogP contribution in [0.2, 0.25) is 5.02 Å². The van der Waals surface area contributed by atoms with Crippen LogP contribution < -0.4 is 0 Å². The van der Waals surface area contributed by atoms with E-state index in [1.165, 1.54) is 18.6 Å². The molecule has 0 atom stereocenters. The highest BCUT2D eigenvalue weighted by atomic mass is 35.5. The number of halogens is 1. The number of carboxylic acid groups (broad SMARTS) is 1. The van der Waals surface area contributed by atoms with Gasteiger partial charge in [-0.2, -0.15) is 0 Å². The van der Waals surface area contributed by atoms with Crippen molar-refractivity contribution in [3.05, 3.63) is 41.6 Å². The molecular weight excluding hydrogens is 218 g/mol. The fourth-order valence-corrected chi connectivity index (χ4v) is 1.39. The molecule has 1 N–H and O–H groups in total. The summed E-state index contributed by atoms with van der Waals surface area (Å²) < 4.78 is 1.61. The van der Waals surface area contributed by atoms with E-state index >= 15 is 0 Å². The van der Waals surface area contributed by atoms with Crippen LogP contribution >= 0.6 is 11.6 Å². The van der Waals surface area contributed by atoms with E-state index in [1.807, 2.05) is 0 Å². The van der Waals surface area contributed by atoms with Gasteiger partial charge in [-0.05, 0) is 6.07 Å². The average Bonchev–Trinajstić information content (AvgIpc) is 2.70. The number of hydrogen-bond donors (Lipinski definition) is 1. The molecule has 0 aliphatic rings. The fourth-order valence-electron chi connectivity index (χ4n) is 1.12. The number of imidazole rings is 1. The van der Waals surface area contributed by atoms with Gasteiger partial charge in [0.05, 0.1) is 10.6 Å². The summed E-state index contributed by atoms with van der Waals surface area (Å²) in [7, 11) is 0. The summed E-state index contributed by atoms with van der Waals surface area (Å²) in [6, 6.07) is 1.35. The minimum atomic E-state index is -1.05. The van der Waals surface area contributed by atoms with Gasteiger partial charge in [0.15, 0.2) is 5.82 Å². The highest BCUT2D eigenvalue weighted by Gasteiger charge is 2.09. The van der Waals surface area contributed by atoms with E-state index in [9.17, 15) is 4.79 Å². The first-order chi connectivity index (χ1) is 7.18. The van der Waals surface area contributed by atoms with Crippen LogP contribution in [0.1, 0.15) is 10.4 Å². The summed E-state index contributed by atoms with van der Waals surface area (Å²) in [5.41, 5.74) is 0.0591.